The quantitative estimate of drug-likeness (QED) is 0.738. The van der Waals surface area contributed by atoms with Gasteiger partial charge in [-0.15, -0.1) is 0 Å². The van der Waals surface area contributed by atoms with Crippen molar-refractivity contribution in [2.24, 2.45) is 0 Å². The molecule has 0 atom stereocenters. The molecule has 81 valence electrons. The van der Waals surface area contributed by atoms with Gasteiger partial charge in [0.1, 0.15) is 0 Å². The average molecular weight is 226 g/mol. The number of benzene rings is 1. The summed E-state index contributed by atoms with van der Waals surface area (Å²) in [5.74, 6) is 0. The van der Waals surface area contributed by atoms with Crippen molar-refractivity contribution in [3.05, 3.63) is 30.3 Å². The molecule has 5 heteroatoms. The summed E-state index contributed by atoms with van der Waals surface area (Å²) in [4.78, 5) is 0.298. The molecule has 1 aromatic rings. The van der Waals surface area contributed by atoms with Crippen LogP contribution in [-0.4, -0.2) is 39.0 Å². The van der Waals surface area contributed by atoms with Crippen LogP contribution in [0.2, 0.25) is 0 Å². The fourth-order valence-electron chi connectivity index (χ4n) is 1.47. The second-order valence-electron chi connectivity index (χ2n) is 3.26. The summed E-state index contributed by atoms with van der Waals surface area (Å²) in [6, 6.07) is 9.20. The predicted octanol–water partition coefficient (Wildman–Crippen LogP) is 0.508. The van der Waals surface area contributed by atoms with E-state index < -0.39 is 10.0 Å². The number of sulfonamides is 1. The normalized spacial score (nSPS) is 18.9. The topological polar surface area (TPSA) is 46.6 Å². The monoisotopic (exact) mass is 226 g/mol. The van der Waals surface area contributed by atoms with Gasteiger partial charge in [0, 0.05) is 13.1 Å². The first kappa shape index (κ1) is 10.6. The standard InChI is InChI=1S/C10H12NO3S/c12-15(13,10-4-2-1-3-5-10)11-6-8-14-9-7-11/h1-2,4-5H,6-9H2. The van der Waals surface area contributed by atoms with Crippen LogP contribution >= 0.6 is 0 Å². The Morgan fingerprint density at radius 2 is 2.07 bits per heavy atom. The highest BCUT2D eigenvalue weighted by molar-refractivity contribution is 7.89. The fraction of sp³-hybridized carbons (Fsp3) is 0.400. The molecule has 0 spiro atoms. The molecule has 1 radical (unpaired) electrons. The summed E-state index contributed by atoms with van der Waals surface area (Å²) in [6.07, 6.45) is 0. The summed E-state index contributed by atoms with van der Waals surface area (Å²) < 4.78 is 30.6. The summed E-state index contributed by atoms with van der Waals surface area (Å²) in [6.45, 7) is 1.79. The van der Waals surface area contributed by atoms with Crippen molar-refractivity contribution in [2.45, 2.75) is 4.90 Å². The van der Waals surface area contributed by atoms with Crippen molar-refractivity contribution in [2.75, 3.05) is 26.3 Å². The van der Waals surface area contributed by atoms with E-state index in [2.05, 4.69) is 6.07 Å². The van der Waals surface area contributed by atoms with E-state index in [1.165, 1.54) is 10.4 Å². The number of hydrogen-bond donors (Lipinski definition) is 0. The van der Waals surface area contributed by atoms with E-state index in [9.17, 15) is 8.42 Å². The molecule has 0 unspecified atom stereocenters. The Labute approximate surface area is 89.5 Å². The third-order valence-corrected chi connectivity index (χ3v) is 4.18. The second kappa shape index (κ2) is 4.30. The highest BCUT2D eigenvalue weighted by Crippen LogP contribution is 2.15. The van der Waals surface area contributed by atoms with Gasteiger partial charge in [0.05, 0.1) is 18.1 Å². The van der Waals surface area contributed by atoms with Gasteiger partial charge >= 0.3 is 0 Å². The zero-order valence-corrected chi connectivity index (χ0v) is 9.03. The van der Waals surface area contributed by atoms with Gasteiger partial charge in [-0.05, 0) is 18.2 Å². The minimum Gasteiger partial charge on any atom is -0.379 e. The van der Waals surface area contributed by atoms with Gasteiger partial charge < -0.3 is 4.74 Å². The van der Waals surface area contributed by atoms with Crippen molar-refractivity contribution in [1.29, 1.82) is 0 Å². The van der Waals surface area contributed by atoms with Crippen molar-refractivity contribution in [3.8, 4) is 0 Å². The third-order valence-electron chi connectivity index (χ3n) is 2.29. The molecule has 1 aliphatic rings. The molecule has 15 heavy (non-hydrogen) atoms. The lowest BCUT2D eigenvalue weighted by Crippen LogP contribution is -2.40. The number of hydrogen-bond acceptors (Lipinski definition) is 3. The van der Waals surface area contributed by atoms with Gasteiger partial charge in [-0.3, -0.25) is 0 Å². The van der Waals surface area contributed by atoms with Crippen molar-refractivity contribution in [3.63, 3.8) is 0 Å². The van der Waals surface area contributed by atoms with Crippen molar-refractivity contribution in [1.82, 2.24) is 4.31 Å². The van der Waals surface area contributed by atoms with E-state index in [1.54, 1.807) is 18.2 Å². The first-order valence-electron chi connectivity index (χ1n) is 4.75. The molecule has 4 nitrogen and oxygen atoms in total. The number of rotatable bonds is 2. The van der Waals surface area contributed by atoms with E-state index in [0.29, 0.717) is 31.2 Å². The Bertz CT molecular complexity index is 410. The zero-order valence-electron chi connectivity index (χ0n) is 8.22. The van der Waals surface area contributed by atoms with Gasteiger partial charge in [-0.25, -0.2) is 8.42 Å². The van der Waals surface area contributed by atoms with E-state index >= 15 is 0 Å². The molecule has 1 aliphatic heterocycles. The van der Waals surface area contributed by atoms with Gasteiger partial charge in [0.15, 0.2) is 0 Å². The lowest BCUT2D eigenvalue weighted by Gasteiger charge is -2.25. The number of morpholine rings is 1. The van der Waals surface area contributed by atoms with Crippen molar-refractivity contribution < 1.29 is 13.2 Å². The van der Waals surface area contributed by atoms with Crippen LogP contribution in [0.1, 0.15) is 0 Å². The van der Waals surface area contributed by atoms with Crippen LogP contribution in [-0.2, 0) is 14.8 Å². The van der Waals surface area contributed by atoms with E-state index in [1.807, 2.05) is 0 Å². The van der Waals surface area contributed by atoms with Gasteiger partial charge in [0.2, 0.25) is 10.0 Å². The second-order valence-corrected chi connectivity index (χ2v) is 5.19. The Balaban J connectivity index is 2.26. The average Bonchev–Trinajstić information content (AvgIpc) is 2.31. The van der Waals surface area contributed by atoms with Crippen LogP contribution in [0.3, 0.4) is 0 Å². The van der Waals surface area contributed by atoms with E-state index in [4.69, 9.17) is 4.74 Å². The maximum Gasteiger partial charge on any atom is 0.243 e. The summed E-state index contributed by atoms with van der Waals surface area (Å²) in [5.41, 5.74) is 0. The van der Waals surface area contributed by atoms with Gasteiger partial charge in [-0.2, -0.15) is 4.31 Å². The fourth-order valence-corrected chi connectivity index (χ4v) is 2.87. The smallest absolute Gasteiger partial charge is 0.243 e. The third kappa shape index (κ3) is 2.19. The summed E-state index contributed by atoms with van der Waals surface area (Å²) in [7, 11) is -3.34. The minimum atomic E-state index is -3.34. The molecular weight excluding hydrogens is 214 g/mol. The van der Waals surface area contributed by atoms with Gasteiger partial charge in [0.25, 0.3) is 0 Å². The Hall–Kier alpha value is -0.910. The lowest BCUT2D eigenvalue weighted by atomic mass is 10.4. The van der Waals surface area contributed by atoms with Crippen LogP contribution in [0.15, 0.2) is 29.2 Å². The Morgan fingerprint density at radius 1 is 1.33 bits per heavy atom. The summed E-state index contributed by atoms with van der Waals surface area (Å²) in [5, 5.41) is 0. The van der Waals surface area contributed by atoms with E-state index in [-0.39, 0.29) is 0 Å². The predicted molar refractivity (Wildman–Crippen MR) is 54.9 cm³/mol. The maximum atomic E-state index is 12.0. The van der Waals surface area contributed by atoms with Gasteiger partial charge in [-0.1, -0.05) is 12.1 Å². The zero-order chi connectivity index (χ0) is 10.7. The SMILES string of the molecule is O=S(=O)(c1c[c]ccc1)N1CCOCC1. The van der Waals surface area contributed by atoms with Crippen LogP contribution < -0.4 is 0 Å². The molecule has 0 aromatic heterocycles. The molecule has 2 rings (SSSR count). The van der Waals surface area contributed by atoms with E-state index in [0.717, 1.165) is 0 Å². The van der Waals surface area contributed by atoms with Crippen LogP contribution in [0.25, 0.3) is 0 Å². The first-order valence-corrected chi connectivity index (χ1v) is 6.19. The Morgan fingerprint density at radius 3 is 2.67 bits per heavy atom. The lowest BCUT2D eigenvalue weighted by molar-refractivity contribution is 0.0730. The molecule has 0 bridgehead atoms. The molecule has 1 saturated heterocycles. The molecule has 0 amide bonds. The van der Waals surface area contributed by atoms with Crippen LogP contribution in [0.4, 0.5) is 0 Å². The minimum absolute atomic E-state index is 0.298. The number of ether oxygens (including phenoxy) is 1. The molecular formula is C10H12NO3S. The molecule has 0 aliphatic carbocycles. The molecule has 0 saturated carbocycles. The summed E-state index contributed by atoms with van der Waals surface area (Å²) >= 11 is 0. The maximum absolute atomic E-state index is 12.0. The molecule has 1 heterocycles. The molecule has 1 fully saturated rings. The highest BCUT2D eigenvalue weighted by Gasteiger charge is 2.25. The van der Waals surface area contributed by atoms with Crippen LogP contribution in [0.5, 0.6) is 0 Å². The molecule has 1 aromatic carbocycles. The Kier molecular flexibility index (Phi) is 3.04. The largest absolute Gasteiger partial charge is 0.379 e. The molecule has 0 N–H and O–H groups in total. The van der Waals surface area contributed by atoms with Crippen LogP contribution in [0, 0.1) is 6.07 Å². The number of nitrogens with zero attached hydrogens (tertiary/aromatic N) is 1. The van der Waals surface area contributed by atoms with Crippen molar-refractivity contribution >= 4 is 10.0 Å². The highest BCUT2D eigenvalue weighted by atomic mass is 32.2. The first-order chi connectivity index (χ1) is 7.21.